The molecular formula is C13H22N2OS. The maximum atomic E-state index is 12.1. The molecule has 2 rings (SSSR count). The molecule has 0 unspecified atom stereocenters. The Bertz CT molecular complexity index is 307. The monoisotopic (exact) mass is 254 g/mol. The molecule has 0 aromatic rings. The quantitative estimate of drug-likeness (QED) is 0.739. The lowest BCUT2D eigenvalue weighted by molar-refractivity contribution is -0.130. The fraction of sp³-hybridized carbons (Fsp3) is 0.846. The molecule has 2 aliphatic rings. The highest BCUT2D eigenvalue weighted by atomic mass is 32.1. The Morgan fingerprint density at radius 2 is 1.94 bits per heavy atom. The molecule has 0 aliphatic heterocycles. The van der Waals surface area contributed by atoms with Gasteiger partial charge in [-0.15, -0.1) is 0 Å². The van der Waals surface area contributed by atoms with Gasteiger partial charge in [0.05, 0.1) is 10.4 Å². The van der Waals surface area contributed by atoms with E-state index in [1.54, 1.807) is 0 Å². The van der Waals surface area contributed by atoms with Gasteiger partial charge in [0.15, 0.2) is 0 Å². The number of amides is 1. The minimum absolute atomic E-state index is 0.0641. The van der Waals surface area contributed by atoms with Gasteiger partial charge >= 0.3 is 0 Å². The number of nitrogens with one attached hydrogen (secondary N) is 1. The first-order valence-corrected chi connectivity index (χ1v) is 7.14. The number of rotatable bonds is 5. The van der Waals surface area contributed by atoms with E-state index >= 15 is 0 Å². The molecule has 3 nitrogen and oxygen atoms in total. The first-order valence-electron chi connectivity index (χ1n) is 6.73. The second kappa shape index (κ2) is 5.34. The smallest absolute Gasteiger partial charge is 0.233 e. The van der Waals surface area contributed by atoms with Crippen molar-refractivity contribution >= 4 is 23.1 Å². The first-order chi connectivity index (χ1) is 8.15. The lowest BCUT2D eigenvalue weighted by Gasteiger charge is -2.39. The van der Waals surface area contributed by atoms with Crippen molar-refractivity contribution in [2.75, 3.05) is 6.54 Å². The molecule has 4 heteroatoms. The standard InChI is InChI=1S/C13H22N2OS/c14-11(17)13(7-3-8-13)12(16)15-9-6-10-4-1-2-5-10/h10H,1-9H2,(H2,14,17)(H,15,16). The van der Waals surface area contributed by atoms with Gasteiger partial charge in [0.25, 0.3) is 0 Å². The summed E-state index contributed by atoms with van der Waals surface area (Å²) in [6.07, 6.45) is 9.21. The lowest BCUT2D eigenvalue weighted by atomic mass is 9.68. The minimum Gasteiger partial charge on any atom is -0.392 e. The van der Waals surface area contributed by atoms with Gasteiger partial charge in [-0.25, -0.2) is 0 Å². The van der Waals surface area contributed by atoms with E-state index in [2.05, 4.69) is 5.32 Å². The third kappa shape index (κ3) is 2.62. The van der Waals surface area contributed by atoms with Gasteiger partial charge in [0.2, 0.25) is 5.91 Å². The van der Waals surface area contributed by atoms with Gasteiger partial charge in [0, 0.05) is 6.54 Å². The lowest BCUT2D eigenvalue weighted by Crippen LogP contribution is -2.53. The normalized spacial score (nSPS) is 23.1. The van der Waals surface area contributed by atoms with Crippen molar-refractivity contribution in [1.29, 1.82) is 0 Å². The summed E-state index contributed by atoms with van der Waals surface area (Å²) in [5.41, 5.74) is 5.19. The predicted octanol–water partition coefficient (Wildman–Crippen LogP) is 2.14. The van der Waals surface area contributed by atoms with E-state index in [-0.39, 0.29) is 5.91 Å². The van der Waals surface area contributed by atoms with Crippen LogP contribution < -0.4 is 11.1 Å². The molecule has 0 aromatic carbocycles. The number of hydrogen-bond acceptors (Lipinski definition) is 2. The van der Waals surface area contributed by atoms with Crippen molar-refractivity contribution in [3.63, 3.8) is 0 Å². The largest absolute Gasteiger partial charge is 0.392 e. The molecule has 0 heterocycles. The number of hydrogen-bond donors (Lipinski definition) is 2. The van der Waals surface area contributed by atoms with E-state index < -0.39 is 5.41 Å². The minimum atomic E-state index is -0.509. The van der Waals surface area contributed by atoms with Crippen LogP contribution in [0.15, 0.2) is 0 Å². The van der Waals surface area contributed by atoms with Crippen LogP contribution in [-0.4, -0.2) is 17.4 Å². The van der Waals surface area contributed by atoms with Crippen molar-refractivity contribution in [2.45, 2.75) is 51.4 Å². The van der Waals surface area contributed by atoms with Crippen LogP contribution >= 0.6 is 12.2 Å². The molecule has 17 heavy (non-hydrogen) atoms. The van der Waals surface area contributed by atoms with Crippen LogP contribution in [0, 0.1) is 11.3 Å². The fourth-order valence-electron chi connectivity index (χ4n) is 2.97. The Labute approximate surface area is 109 Å². The molecule has 2 aliphatic carbocycles. The van der Waals surface area contributed by atoms with E-state index in [0.717, 1.165) is 38.1 Å². The Kier molecular flexibility index (Phi) is 4.02. The average Bonchev–Trinajstić information content (AvgIpc) is 2.67. The third-order valence-corrected chi connectivity index (χ3v) is 4.82. The zero-order valence-electron chi connectivity index (χ0n) is 10.3. The van der Waals surface area contributed by atoms with Gasteiger partial charge < -0.3 is 11.1 Å². The van der Waals surface area contributed by atoms with Gasteiger partial charge in [0.1, 0.15) is 0 Å². The molecule has 1 amide bonds. The van der Waals surface area contributed by atoms with Crippen LogP contribution in [0.2, 0.25) is 0 Å². The van der Waals surface area contributed by atoms with Gasteiger partial charge in [-0.2, -0.15) is 0 Å². The molecule has 2 saturated carbocycles. The summed E-state index contributed by atoms with van der Waals surface area (Å²) in [7, 11) is 0. The van der Waals surface area contributed by atoms with Gasteiger partial charge in [-0.05, 0) is 25.2 Å². The van der Waals surface area contributed by atoms with Crippen molar-refractivity contribution in [3.8, 4) is 0 Å². The summed E-state index contributed by atoms with van der Waals surface area (Å²) in [5, 5.41) is 3.03. The second-order valence-corrected chi connectivity index (χ2v) is 5.93. The summed E-state index contributed by atoms with van der Waals surface area (Å²) in [6.45, 7) is 0.786. The molecule has 0 saturated heterocycles. The maximum absolute atomic E-state index is 12.1. The summed E-state index contributed by atoms with van der Waals surface area (Å²) in [4.78, 5) is 12.5. The highest BCUT2D eigenvalue weighted by Gasteiger charge is 2.46. The molecule has 2 fully saturated rings. The number of thiocarbonyl (C=S) groups is 1. The van der Waals surface area contributed by atoms with E-state index in [9.17, 15) is 4.79 Å². The molecule has 3 N–H and O–H groups in total. The molecule has 0 atom stereocenters. The number of carbonyl (C=O) groups is 1. The van der Waals surface area contributed by atoms with E-state index in [1.165, 1.54) is 25.7 Å². The van der Waals surface area contributed by atoms with Crippen molar-refractivity contribution < 1.29 is 4.79 Å². The van der Waals surface area contributed by atoms with Gasteiger partial charge in [-0.3, -0.25) is 4.79 Å². The molecule has 0 spiro atoms. The van der Waals surface area contributed by atoms with E-state index in [4.69, 9.17) is 18.0 Å². The molecule has 0 bridgehead atoms. The Morgan fingerprint density at radius 1 is 1.29 bits per heavy atom. The molecular weight excluding hydrogens is 232 g/mol. The first kappa shape index (κ1) is 12.8. The summed E-state index contributed by atoms with van der Waals surface area (Å²) in [6, 6.07) is 0. The van der Waals surface area contributed by atoms with Crippen molar-refractivity contribution in [2.24, 2.45) is 17.1 Å². The van der Waals surface area contributed by atoms with Crippen LogP contribution in [0.3, 0.4) is 0 Å². The summed E-state index contributed by atoms with van der Waals surface area (Å²) in [5.74, 6) is 0.881. The molecule has 0 radical (unpaired) electrons. The Morgan fingerprint density at radius 3 is 2.41 bits per heavy atom. The van der Waals surface area contributed by atoms with Crippen LogP contribution in [0.25, 0.3) is 0 Å². The van der Waals surface area contributed by atoms with Crippen LogP contribution in [0.5, 0.6) is 0 Å². The van der Waals surface area contributed by atoms with Crippen LogP contribution in [0.1, 0.15) is 51.4 Å². The highest BCUT2D eigenvalue weighted by molar-refractivity contribution is 7.80. The Balaban J connectivity index is 1.74. The Hall–Kier alpha value is -0.640. The number of nitrogens with two attached hydrogens (primary N) is 1. The summed E-state index contributed by atoms with van der Waals surface area (Å²) >= 11 is 5.03. The highest BCUT2D eigenvalue weighted by Crippen LogP contribution is 2.41. The fourth-order valence-corrected chi connectivity index (χ4v) is 3.27. The molecule has 0 aromatic heterocycles. The van der Waals surface area contributed by atoms with Crippen molar-refractivity contribution in [1.82, 2.24) is 5.32 Å². The van der Waals surface area contributed by atoms with E-state index in [1.807, 2.05) is 0 Å². The maximum Gasteiger partial charge on any atom is 0.233 e. The second-order valence-electron chi connectivity index (χ2n) is 5.49. The van der Waals surface area contributed by atoms with Gasteiger partial charge in [-0.1, -0.05) is 44.3 Å². The summed E-state index contributed by atoms with van der Waals surface area (Å²) < 4.78 is 0. The third-order valence-electron chi connectivity index (χ3n) is 4.43. The zero-order chi connectivity index (χ0) is 12.3. The zero-order valence-corrected chi connectivity index (χ0v) is 11.2. The SMILES string of the molecule is NC(=S)C1(C(=O)NCCC2CCCC2)CCC1. The van der Waals surface area contributed by atoms with E-state index in [0.29, 0.717) is 4.99 Å². The average molecular weight is 254 g/mol. The predicted molar refractivity (Wildman–Crippen MR) is 72.7 cm³/mol. The van der Waals surface area contributed by atoms with Crippen molar-refractivity contribution in [3.05, 3.63) is 0 Å². The topological polar surface area (TPSA) is 55.1 Å². The molecule has 96 valence electrons. The van der Waals surface area contributed by atoms with Crippen LogP contribution in [-0.2, 0) is 4.79 Å². The van der Waals surface area contributed by atoms with Crippen LogP contribution in [0.4, 0.5) is 0 Å². The number of carbonyl (C=O) groups excluding carboxylic acids is 1.